The predicted molar refractivity (Wildman–Crippen MR) is 103 cm³/mol. The van der Waals surface area contributed by atoms with Crippen LogP contribution in [0.1, 0.15) is 56.5 Å². The van der Waals surface area contributed by atoms with E-state index in [9.17, 15) is 13.2 Å². The van der Waals surface area contributed by atoms with Crippen LogP contribution in [0, 0.1) is 5.41 Å². The topological polar surface area (TPSA) is 43.6 Å². The van der Waals surface area contributed by atoms with Crippen LogP contribution in [-0.4, -0.2) is 20.0 Å². The molecule has 4 nitrogen and oxygen atoms in total. The van der Waals surface area contributed by atoms with Crippen molar-refractivity contribution in [3.05, 3.63) is 59.5 Å². The lowest BCUT2D eigenvalue weighted by molar-refractivity contribution is -0.142. The molecule has 29 heavy (non-hydrogen) atoms. The number of benzene rings is 1. The van der Waals surface area contributed by atoms with E-state index in [2.05, 4.69) is 36.1 Å². The molecule has 2 aromatic heterocycles. The molecule has 3 aromatic rings. The average molecular weight is 398 g/mol. The molecule has 2 atom stereocenters. The number of nitrogens with zero attached hydrogens (tertiary/aromatic N) is 4. The number of aromatic nitrogens is 4. The first kappa shape index (κ1) is 18.3. The number of rotatable bonds is 2. The molecule has 7 heteroatoms. The zero-order valence-corrected chi connectivity index (χ0v) is 16.5. The van der Waals surface area contributed by atoms with Gasteiger partial charge in [-0.2, -0.15) is 28.5 Å². The maximum absolute atomic E-state index is 14.0. The van der Waals surface area contributed by atoms with Crippen LogP contribution in [0.2, 0.25) is 0 Å². The summed E-state index contributed by atoms with van der Waals surface area (Å²) in [6.07, 6.45) is -1.28. The second-order valence-corrected chi connectivity index (χ2v) is 8.83. The van der Waals surface area contributed by atoms with Crippen LogP contribution < -0.4 is 0 Å². The van der Waals surface area contributed by atoms with E-state index in [1.807, 2.05) is 0 Å². The summed E-state index contributed by atoms with van der Waals surface area (Å²) in [5, 5.41) is 12.7. The molecule has 0 unspecified atom stereocenters. The summed E-state index contributed by atoms with van der Waals surface area (Å²) >= 11 is 0. The molecule has 2 aliphatic rings. The minimum atomic E-state index is -4.58. The van der Waals surface area contributed by atoms with Crippen molar-refractivity contribution in [2.24, 2.45) is 5.41 Å². The first-order valence-electron chi connectivity index (χ1n) is 9.74. The van der Waals surface area contributed by atoms with Gasteiger partial charge in [0.1, 0.15) is 0 Å². The quantitative estimate of drug-likeness (QED) is 0.571. The molecule has 0 radical (unpaired) electrons. The van der Waals surface area contributed by atoms with E-state index in [-0.39, 0.29) is 28.0 Å². The van der Waals surface area contributed by atoms with Crippen molar-refractivity contribution >= 4 is 0 Å². The van der Waals surface area contributed by atoms with E-state index in [4.69, 9.17) is 0 Å². The molecular weight excluding hydrogens is 377 g/mol. The van der Waals surface area contributed by atoms with Crippen molar-refractivity contribution < 1.29 is 13.2 Å². The van der Waals surface area contributed by atoms with E-state index < -0.39 is 11.9 Å². The van der Waals surface area contributed by atoms with E-state index in [1.54, 1.807) is 36.4 Å². The maximum atomic E-state index is 14.0. The van der Waals surface area contributed by atoms with Crippen molar-refractivity contribution in [1.82, 2.24) is 20.0 Å². The van der Waals surface area contributed by atoms with E-state index in [0.29, 0.717) is 5.69 Å². The van der Waals surface area contributed by atoms with Gasteiger partial charge in [0.05, 0.1) is 28.8 Å². The van der Waals surface area contributed by atoms with Crippen molar-refractivity contribution in [2.45, 2.75) is 51.1 Å². The molecule has 1 saturated carbocycles. The second kappa shape index (κ2) is 5.68. The highest BCUT2D eigenvalue weighted by molar-refractivity contribution is 5.65. The Hall–Kier alpha value is -2.70. The minimum Gasteiger partial charge on any atom is -0.228 e. The summed E-state index contributed by atoms with van der Waals surface area (Å²) in [5.74, 6) is 0.287. The third-order valence-electron chi connectivity index (χ3n) is 7.26. The highest BCUT2D eigenvalue weighted by Crippen LogP contribution is 2.67. The standard InChI is InChI=1S/C22H21F3N4/c1-20(2)16-9-10-21(20,3)18-14(16)11-17(27-28-18)15-12-26-29(19(15)22(23,24)25)13-7-5-4-6-8-13/h4-8,11-12,16H,9-10H2,1-3H3/t16-,21+/m0/s1. The summed E-state index contributed by atoms with van der Waals surface area (Å²) in [6, 6.07) is 10.1. The normalized spacial score (nSPS) is 24.7. The van der Waals surface area contributed by atoms with E-state index in [1.165, 1.54) is 6.20 Å². The molecule has 2 aliphatic carbocycles. The van der Waals surface area contributed by atoms with Gasteiger partial charge >= 0.3 is 6.18 Å². The Morgan fingerprint density at radius 2 is 1.79 bits per heavy atom. The Kier molecular flexibility index (Phi) is 3.59. The number of hydrogen-bond donors (Lipinski definition) is 0. The molecule has 0 N–H and O–H groups in total. The van der Waals surface area contributed by atoms with Gasteiger partial charge in [0.15, 0.2) is 5.69 Å². The zero-order valence-electron chi connectivity index (χ0n) is 16.5. The van der Waals surface area contributed by atoms with Gasteiger partial charge in [-0.15, -0.1) is 0 Å². The number of fused-ring (bicyclic) bond motifs is 5. The van der Waals surface area contributed by atoms with Gasteiger partial charge in [-0.25, -0.2) is 4.68 Å². The van der Waals surface area contributed by atoms with E-state index in [0.717, 1.165) is 28.8 Å². The molecule has 2 heterocycles. The van der Waals surface area contributed by atoms with Gasteiger partial charge in [0.25, 0.3) is 0 Å². The largest absolute Gasteiger partial charge is 0.434 e. The summed E-state index contributed by atoms with van der Waals surface area (Å²) < 4.78 is 43.0. The fourth-order valence-electron chi connectivity index (χ4n) is 5.27. The Bertz CT molecular complexity index is 1100. The van der Waals surface area contributed by atoms with Crippen LogP contribution >= 0.6 is 0 Å². The molecule has 2 bridgehead atoms. The number of para-hydroxylation sites is 1. The molecule has 1 aromatic carbocycles. The van der Waals surface area contributed by atoms with Crippen molar-refractivity contribution in [3.63, 3.8) is 0 Å². The van der Waals surface area contributed by atoms with Gasteiger partial charge < -0.3 is 0 Å². The molecule has 0 aliphatic heterocycles. The van der Waals surface area contributed by atoms with Crippen LogP contribution in [0.25, 0.3) is 16.9 Å². The third-order valence-corrected chi connectivity index (χ3v) is 7.26. The number of hydrogen-bond acceptors (Lipinski definition) is 3. The predicted octanol–water partition coefficient (Wildman–Crippen LogP) is 5.52. The molecule has 150 valence electrons. The highest BCUT2D eigenvalue weighted by atomic mass is 19.4. The summed E-state index contributed by atoms with van der Waals surface area (Å²) in [6.45, 7) is 6.64. The minimum absolute atomic E-state index is 0.0176. The highest BCUT2D eigenvalue weighted by Gasteiger charge is 2.60. The summed E-state index contributed by atoms with van der Waals surface area (Å²) in [5.41, 5.74) is 1.62. The third kappa shape index (κ3) is 2.36. The van der Waals surface area contributed by atoms with Crippen LogP contribution in [0.5, 0.6) is 0 Å². The fourth-order valence-corrected chi connectivity index (χ4v) is 5.27. The lowest BCUT2D eigenvalue weighted by atomic mass is 9.70. The Morgan fingerprint density at radius 1 is 1.07 bits per heavy atom. The van der Waals surface area contributed by atoms with Crippen LogP contribution in [0.15, 0.2) is 42.6 Å². The average Bonchev–Trinajstić information content (AvgIpc) is 3.27. The molecule has 0 spiro atoms. The SMILES string of the molecule is CC1(C)[C@H]2CC[C@]1(C)c1nnc(-c3cnn(-c4ccccc4)c3C(F)(F)F)cc12. The molecule has 1 fully saturated rings. The summed E-state index contributed by atoms with van der Waals surface area (Å²) in [7, 11) is 0. The summed E-state index contributed by atoms with van der Waals surface area (Å²) in [4.78, 5) is 0. The first-order valence-corrected chi connectivity index (χ1v) is 9.74. The van der Waals surface area contributed by atoms with Gasteiger partial charge in [-0.05, 0) is 47.9 Å². The Labute approximate surface area is 166 Å². The lowest BCUT2D eigenvalue weighted by Crippen LogP contribution is -2.32. The zero-order chi connectivity index (χ0) is 20.6. The maximum Gasteiger partial charge on any atom is 0.434 e. The number of halogens is 3. The molecular formula is C22H21F3N4. The van der Waals surface area contributed by atoms with Gasteiger partial charge in [-0.3, -0.25) is 0 Å². The number of alkyl halides is 3. The van der Waals surface area contributed by atoms with Crippen LogP contribution in [-0.2, 0) is 11.6 Å². The fraction of sp³-hybridized carbons (Fsp3) is 0.409. The van der Waals surface area contributed by atoms with E-state index >= 15 is 0 Å². The molecule has 0 saturated heterocycles. The van der Waals surface area contributed by atoms with Crippen molar-refractivity contribution in [2.75, 3.05) is 0 Å². The van der Waals surface area contributed by atoms with Crippen LogP contribution in [0.4, 0.5) is 13.2 Å². The lowest BCUT2D eigenvalue weighted by Gasteiger charge is -2.33. The Morgan fingerprint density at radius 3 is 2.48 bits per heavy atom. The van der Waals surface area contributed by atoms with Gasteiger partial charge in [-0.1, -0.05) is 39.0 Å². The molecule has 5 rings (SSSR count). The van der Waals surface area contributed by atoms with Gasteiger partial charge in [0, 0.05) is 5.41 Å². The first-order chi connectivity index (χ1) is 13.6. The Balaban J connectivity index is 1.68. The smallest absolute Gasteiger partial charge is 0.228 e. The second-order valence-electron chi connectivity index (χ2n) is 8.83. The molecule has 0 amide bonds. The van der Waals surface area contributed by atoms with Gasteiger partial charge in [0.2, 0.25) is 0 Å². The van der Waals surface area contributed by atoms with Crippen LogP contribution in [0.3, 0.4) is 0 Å². The monoisotopic (exact) mass is 398 g/mol. The van der Waals surface area contributed by atoms with Crippen molar-refractivity contribution in [3.8, 4) is 16.9 Å². The van der Waals surface area contributed by atoms with Crippen molar-refractivity contribution in [1.29, 1.82) is 0 Å².